The molecule has 0 radical (unpaired) electrons. The molecular weight excluding hydrogens is 416 g/mol. The Balaban J connectivity index is 1.78. The first-order chi connectivity index (χ1) is 14.7. The summed E-state index contributed by atoms with van der Waals surface area (Å²) in [6.07, 6.45) is 1.11. The Bertz CT molecular complexity index is 1120. The summed E-state index contributed by atoms with van der Waals surface area (Å²) in [5, 5.41) is 15.9. The normalized spacial score (nSPS) is 17.0. The fourth-order valence-electron chi connectivity index (χ4n) is 4.64. The van der Waals surface area contributed by atoms with Gasteiger partial charge in [0.1, 0.15) is 17.9 Å². The van der Waals surface area contributed by atoms with Crippen molar-refractivity contribution in [3.05, 3.63) is 39.8 Å². The summed E-state index contributed by atoms with van der Waals surface area (Å²) in [4.78, 5) is 10.8. The van der Waals surface area contributed by atoms with E-state index < -0.39 is 0 Å². The molecule has 2 unspecified atom stereocenters. The summed E-state index contributed by atoms with van der Waals surface area (Å²) >= 11 is 6.69. The molecule has 0 spiro atoms. The number of benzene rings is 1. The molecule has 1 aliphatic heterocycles. The minimum absolute atomic E-state index is 0.175. The third-order valence-electron chi connectivity index (χ3n) is 6.15. The minimum atomic E-state index is -0.343. The number of fused-ring (bicyclic) bond motifs is 1. The van der Waals surface area contributed by atoms with Crippen molar-refractivity contribution in [1.82, 2.24) is 24.6 Å². The number of aromatic nitrogens is 4. The highest BCUT2D eigenvalue weighted by atomic mass is 35.5. The molecule has 0 aliphatic carbocycles. The van der Waals surface area contributed by atoms with Gasteiger partial charge >= 0.3 is 0 Å². The van der Waals surface area contributed by atoms with Crippen LogP contribution in [0.5, 0.6) is 5.75 Å². The van der Waals surface area contributed by atoms with Gasteiger partial charge in [-0.3, -0.25) is 4.90 Å². The lowest BCUT2D eigenvalue weighted by Crippen LogP contribution is -2.48. The van der Waals surface area contributed by atoms with Gasteiger partial charge in [-0.1, -0.05) is 11.6 Å². The Labute approximate surface area is 187 Å². The molecule has 0 bridgehead atoms. The highest BCUT2D eigenvalue weighted by molar-refractivity contribution is 6.31. The molecule has 4 rings (SSSR count). The maximum Gasteiger partial charge on any atom is 0.164 e. The zero-order valence-corrected chi connectivity index (χ0v) is 19.3. The van der Waals surface area contributed by atoms with E-state index >= 15 is 0 Å². The van der Waals surface area contributed by atoms with Gasteiger partial charge in [0.2, 0.25) is 0 Å². The van der Waals surface area contributed by atoms with Crippen molar-refractivity contribution in [3.8, 4) is 5.75 Å². The highest BCUT2D eigenvalue weighted by Gasteiger charge is 2.34. The van der Waals surface area contributed by atoms with Gasteiger partial charge in [0.15, 0.2) is 5.65 Å². The quantitative estimate of drug-likeness (QED) is 0.602. The van der Waals surface area contributed by atoms with Crippen LogP contribution < -0.4 is 10.5 Å². The van der Waals surface area contributed by atoms with Crippen LogP contribution in [0.1, 0.15) is 48.2 Å². The number of nitrogens with two attached hydrogens (primary N) is 1. The fourth-order valence-corrected chi connectivity index (χ4v) is 4.86. The van der Waals surface area contributed by atoms with Gasteiger partial charge < -0.3 is 15.6 Å². The number of anilines is 1. The number of halogens is 1. The van der Waals surface area contributed by atoms with Crippen molar-refractivity contribution < 1.29 is 9.84 Å². The predicted molar refractivity (Wildman–Crippen MR) is 122 cm³/mol. The Kier molecular flexibility index (Phi) is 5.81. The van der Waals surface area contributed by atoms with Crippen LogP contribution in [0.2, 0.25) is 5.02 Å². The van der Waals surface area contributed by atoms with Crippen LogP contribution in [0.3, 0.4) is 0 Å². The molecular formula is C22H29ClN6O2. The minimum Gasteiger partial charge on any atom is -0.496 e. The first kappa shape index (κ1) is 21.8. The number of aliphatic hydroxyl groups excluding tert-OH is 1. The van der Waals surface area contributed by atoms with Crippen molar-refractivity contribution >= 4 is 28.5 Å². The molecule has 2 atom stereocenters. The molecule has 2 aromatic heterocycles. The number of aliphatic hydroxyl groups is 1. The van der Waals surface area contributed by atoms with Gasteiger partial charge in [-0.2, -0.15) is 5.10 Å². The summed E-state index contributed by atoms with van der Waals surface area (Å²) in [7, 11) is 1.70. The fraction of sp³-hybridized carbons (Fsp3) is 0.500. The molecule has 166 valence electrons. The summed E-state index contributed by atoms with van der Waals surface area (Å²) < 4.78 is 7.80. The molecule has 1 saturated heterocycles. The molecule has 3 aromatic rings. The summed E-state index contributed by atoms with van der Waals surface area (Å²) in [5.74, 6) is 1.55. The van der Waals surface area contributed by atoms with Crippen molar-refractivity contribution in [1.29, 1.82) is 0 Å². The predicted octanol–water partition coefficient (Wildman–Crippen LogP) is 3.08. The molecule has 8 nitrogen and oxygen atoms in total. The van der Waals surface area contributed by atoms with Crippen LogP contribution >= 0.6 is 11.6 Å². The van der Waals surface area contributed by atoms with Gasteiger partial charge in [-0.15, -0.1) is 0 Å². The van der Waals surface area contributed by atoms with E-state index in [1.165, 1.54) is 6.33 Å². The average Bonchev–Trinajstić information content (AvgIpc) is 3.03. The number of hydrogen-bond donors (Lipinski definition) is 2. The van der Waals surface area contributed by atoms with Crippen molar-refractivity contribution in [2.75, 3.05) is 32.5 Å². The van der Waals surface area contributed by atoms with Crippen LogP contribution in [0, 0.1) is 13.8 Å². The van der Waals surface area contributed by atoms with E-state index in [2.05, 4.69) is 21.8 Å². The molecule has 0 amide bonds. The monoisotopic (exact) mass is 444 g/mol. The number of rotatable bonds is 6. The van der Waals surface area contributed by atoms with Gasteiger partial charge in [-0.05, 0) is 39.3 Å². The van der Waals surface area contributed by atoms with E-state index in [9.17, 15) is 5.11 Å². The van der Waals surface area contributed by atoms with Crippen LogP contribution in [-0.4, -0.2) is 62.6 Å². The number of nitrogens with zero attached hydrogens (tertiary/aromatic N) is 5. The van der Waals surface area contributed by atoms with E-state index in [0.717, 1.165) is 46.6 Å². The van der Waals surface area contributed by atoms with Crippen molar-refractivity contribution in [2.24, 2.45) is 0 Å². The number of methoxy groups -OCH3 is 1. The number of hydrogen-bond acceptors (Lipinski definition) is 7. The van der Waals surface area contributed by atoms with E-state index in [1.54, 1.807) is 7.11 Å². The van der Waals surface area contributed by atoms with Crippen molar-refractivity contribution in [2.45, 2.75) is 45.8 Å². The lowest BCUT2D eigenvalue weighted by atomic mass is 9.85. The molecule has 1 aromatic carbocycles. The standard InChI is InChI=1S/C22H29ClN6O2/c1-11(30)7-28-8-15(9-28)18-12(2)17(23)6-16(20(18)31-5)14(4)29-22-19(13(3)27-29)21(24)25-10-26-22/h6,10-11,14-15,30H,7-9H2,1-5H3,(H2,24,25,26). The largest absolute Gasteiger partial charge is 0.496 e. The summed E-state index contributed by atoms with van der Waals surface area (Å²) in [5.41, 5.74) is 10.6. The first-order valence-electron chi connectivity index (χ1n) is 10.5. The zero-order chi connectivity index (χ0) is 22.4. The number of likely N-dealkylation sites (tertiary alicyclic amines) is 1. The maximum atomic E-state index is 9.68. The second kappa shape index (κ2) is 8.26. The zero-order valence-electron chi connectivity index (χ0n) is 18.6. The van der Waals surface area contributed by atoms with E-state index in [-0.39, 0.29) is 12.1 Å². The van der Waals surface area contributed by atoms with E-state index in [1.807, 2.05) is 31.5 Å². The molecule has 3 N–H and O–H groups in total. The topological polar surface area (TPSA) is 102 Å². The Morgan fingerprint density at radius 2 is 2.00 bits per heavy atom. The molecule has 1 aliphatic rings. The van der Waals surface area contributed by atoms with Gasteiger partial charge in [-0.25, -0.2) is 14.6 Å². The molecule has 3 heterocycles. The molecule has 9 heteroatoms. The summed E-state index contributed by atoms with van der Waals surface area (Å²) in [6.45, 7) is 10.2. The smallest absolute Gasteiger partial charge is 0.164 e. The lowest BCUT2D eigenvalue weighted by Gasteiger charge is -2.41. The van der Waals surface area contributed by atoms with Gasteiger partial charge in [0.05, 0.1) is 30.3 Å². The third kappa shape index (κ3) is 3.73. The van der Waals surface area contributed by atoms with Crippen LogP contribution in [-0.2, 0) is 0 Å². The van der Waals surface area contributed by atoms with Crippen LogP contribution in [0.4, 0.5) is 5.82 Å². The van der Waals surface area contributed by atoms with E-state index in [0.29, 0.717) is 29.0 Å². The third-order valence-corrected chi connectivity index (χ3v) is 6.55. The Hall–Kier alpha value is -2.42. The number of β-amino-alcohol motifs (C(OH)–C–C–N with tert-alkyl or cyclic N) is 1. The Morgan fingerprint density at radius 1 is 1.29 bits per heavy atom. The highest BCUT2D eigenvalue weighted by Crippen LogP contribution is 2.44. The molecule has 31 heavy (non-hydrogen) atoms. The van der Waals surface area contributed by atoms with E-state index in [4.69, 9.17) is 27.2 Å². The van der Waals surface area contributed by atoms with Crippen LogP contribution in [0.25, 0.3) is 11.0 Å². The second-order valence-corrected chi connectivity index (χ2v) is 8.85. The maximum absolute atomic E-state index is 9.68. The van der Waals surface area contributed by atoms with Gasteiger partial charge in [0.25, 0.3) is 0 Å². The van der Waals surface area contributed by atoms with Crippen LogP contribution in [0.15, 0.2) is 12.4 Å². The Morgan fingerprint density at radius 3 is 2.65 bits per heavy atom. The number of aryl methyl sites for hydroxylation is 1. The molecule has 1 fully saturated rings. The number of ether oxygens (including phenoxy) is 1. The average molecular weight is 445 g/mol. The number of nitrogen functional groups attached to an aromatic ring is 1. The second-order valence-electron chi connectivity index (χ2n) is 8.45. The first-order valence-corrected chi connectivity index (χ1v) is 10.8. The van der Waals surface area contributed by atoms with Gasteiger partial charge in [0, 0.05) is 41.7 Å². The summed E-state index contributed by atoms with van der Waals surface area (Å²) in [6, 6.07) is 1.79. The van der Waals surface area contributed by atoms with Crippen molar-refractivity contribution in [3.63, 3.8) is 0 Å². The SMILES string of the molecule is COc1c(C(C)n2nc(C)c3c(N)ncnc32)cc(Cl)c(C)c1C1CN(CC(C)O)C1. The lowest BCUT2D eigenvalue weighted by molar-refractivity contribution is 0.0732. The molecule has 0 saturated carbocycles.